The van der Waals surface area contributed by atoms with Gasteiger partial charge >= 0.3 is 0 Å². The normalized spacial score (nSPS) is 23.9. The molecule has 0 spiro atoms. The van der Waals surface area contributed by atoms with Crippen LogP contribution >= 0.6 is 0 Å². The molecule has 3 aromatic heterocycles. The zero-order valence-electron chi connectivity index (χ0n) is 19.2. The molecule has 4 aromatic rings. The zero-order chi connectivity index (χ0) is 23.7. The number of halogens is 1. The van der Waals surface area contributed by atoms with Gasteiger partial charge in [-0.2, -0.15) is 10.2 Å². The lowest BCUT2D eigenvalue weighted by Crippen LogP contribution is -2.33. The lowest BCUT2D eigenvalue weighted by atomic mass is 9.99. The van der Waals surface area contributed by atoms with Gasteiger partial charge in [-0.05, 0) is 39.7 Å². The Morgan fingerprint density at radius 2 is 2.12 bits per heavy atom. The molecule has 176 valence electrons. The second-order valence-corrected chi connectivity index (χ2v) is 9.84. The van der Waals surface area contributed by atoms with E-state index in [2.05, 4.69) is 22.3 Å². The molecule has 1 aliphatic heterocycles. The van der Waals surface area contributed by atoms with Crippen LogP contribution in [0.2, 0.25) is 0 Å². The lowest BCUT2D eigenvalue weighted by molar-refractivity contribution is -0.0149. The molecule has 2 fully saturated rings. The third-order valence-electron chi connectivity index (χ3n) is 6.78. The number of nitrogens with one attached hydrogen (secondary N) is 1. The highest BCUT2D eigenvalue weighted by Crippen LogP contribution is 2.51. The maximum absolute atomic E-state index is 13.4. The Morgan fingerprint density at radius 3 is 2.82 bits per heavy atom. The van der Waals surface area contributed by atoms with Gasteiger partial charge < -0.3 is 14.8 Å². The number of carbonyl (C=O) groups excluding carboxylic acids is 1. The van der Waals surface area contributed by atoms with Crippen LogP contribution in [0.4, 0.5) is 10.1 Å². The van der Waals surface area contributed by atoms with E-state index < -0.39 is 5.82 Å². The monoisotopic (exact) mass is 464 g/mol. The molecule has 2 atom stereocenters. The molecule has 1 aromatic carbocycles. The molecule has 2 aliphatic rings. The van der Waals surface area contributed by atoms with Crippen molar-refractivity contribution in [2.75, 3.05) is 11.9 Å². The SMILES string of the molecule is CC(C)Oc1cc2nn(C34CCC(C)(C3)OC4)cc2cc1C(=O)Nc1cnn2cc(F)cnc12. The van der Waals surface area contributed by atoms with E-state index in [9.17, 15) is 9.18 Å². The summed E-state index contributed by atoms with van der Waals surface area (Å²) in [6.07, 6.45) is 8.54. The molecular weight excluding hydrogens is 439 g/mol. The fourth-order valence-electron chi connectivity index (χ4n) is 5.14. The second kappa shape index (κ2) is 7.23. The summed E-state index contributed by atoms with van der Waals surface area (Å²) in [6, 6.07) is 3.61. The molecule has 4 heterocycles. The van der Waals surface area contributed by atoms with Crippen molar-refractivity contribution < 1.29 is 18.7 Å². The molecule has 10 heteroatoms. The highest BCUT2D eigenvalue weighted by atomic mass is 19.1. The van der Waals surface area contributed by atoms with Crippen LogP contribution in [0.1, 0.15) is 50.4 Å². The van der Waals surface area contributed by atoms with Gasteiger partial charge in [0.05, 0.1) is 53.5 Å². The number of nitrogens with zero attached hydrogens (tertiary/aromatic N) is 5. The quantitative estimate of drug-likeness (QED) is 0.481. The number of ether oxygens (including phenoxy) is 2. The van der Waals surface area contributed by atoms with E-state index in [4.69, 9.17) is 14.6 Å². The third kappa shape index (κ3) is 3.32. The maximum Gasteiger partial charge on any atom is 0.259 e. The Labute approximate surface area is 194 Å². The molecule has 1 N–H and O–H groups in total. The van der Waals surface area contributed by atoms with Crippen molar-refractivity contribution in [2.24, 2.45) is 0 Å². The minimum Gasteiger partial charge on any atom is -0.490 e. The summed E-state index contributed by atoms with van der Waals surface area (Å²) in [5.41, 5.74) is 1.63. The summed E-state index contributed by atoms with van der Waals surface area (Å²) in [7, 11) is 0. The van der Waals surface area contributed by atoms with Gasteiger partial charge in [0.2, 0.25) is 0 Å². The van der Waals surface area contributed by atoms with E-state index in [1.807, 2.05) is 30.8 Å². The molecule has 34 heavy (non-hydrogen) atoms. The minimum absolute atomic E-state index is 0.0829. The zero-order valence-corrected chi connectivity index (χ0v) is 19.2. The van der Waals surface area contributed by atoms with Gasteiger partial charge in [-0.25, -0.2) is 13.9 Å². The Kier molecular flexibility index (Phi) is 4.47. The molecule has 6 rings (SSSR count). The summed E-state index contributed by atoms with van der Waals surface area (Å²) in [5.74, 6) is -0.447. The predicted molar refractivity (Wildman–Crippen MR) is 123 cm³/mol. The van der Waals surface area contributed by atoms with Crippen LogP contribution in [-0.2, 0) is 10.3 Å². The van der Waals surface area contributed by atoms with Crippen LogP contribution < -0.4 is 10.1 Å². The van der Waals surface area contributed by atoms with Crippen molar-refractivity contribution in [2.45, 2.75) is 57.3 Å². The summed E-state index contributed by atoms with van der Waals surface area (Å²) >= 11 is 0. The average Bonchev–Trinajstić information content (AvgIpc) is 3.53. The molecule has 1 aliphatic carbocycles. The molecule has 1 saturated carbocycles. The van der Waals surface area contributed by atoms with Gasteiger partial charge in [0.15, 0.2) is 11.5 Å². The van der Waals surface area contributed by atoms with Gasteiger partial charge in [0, 0.05) is 24.1 Å². The van der Waals surface area contributed by atoms with Crippen molar-refractivity contribution in [1.29, 1.82) is 0 Å². The Morgan fingerprint density at radius 1 is 1.26 bits per heavy atom. The molecular formula is C24H25FN6O3. The first kappa shape index (κ1) is 21.0. The summed E-state index contributed by atoms with van der Waals surface area (Å²) in [4.78, 5) is 17.4. The highest BCUT2D eigenvalue weighted by molar-refractivity contribution is 6.09. The van der Waals surface area contributed by atoms with Crippen LogP contribution in [0.15, 0.2) is 36.9 Å². The average molecular weight is 465 g/mol. The molecule has 1 amide bonds. The van der Waals surface area contributed by atoms with Gasteiger partial charge in [-0.3, -0.25) is 9.48 Å². The van der Waals surface area contributed by atoms with E-state index in [1.54, 1.807) is 6.07 Å². The molecule has 9 nitrogen and oxygen atoms in total. The summed E-state index contributed by atoms with van der Waals surface area (Å²) < 4.78 is 28.8. The highest BCUT2D eigenvalue weighted by Gasteiger charge is 2.54. The van der Waals surface area contributed by atoms with E-state index >= 15 is 0 Å². The first-order chi connectivity index (χ1) is 16.2. The van der Waals surface area contributed by atoms with Crippen molar-refractivity contribution in [1.82, 2.24) is 24.4 Å². The topological polar surface area (TPSA) is 95.6 Å². The summed E-state index contributed by atoms with van der Waals surface area (Å²) in [6.45, 7) is 6.61. The van der Waals surface area contributed by atoms with Crippen LogP contribution in [-0.4, -0.2) is 48.6 Å². The van der Waals surface area contributed by atoms with E-state index in [0.29, 0.717) is 29.3 Å². The number of anilines is 1. The fourth-order valence-corrected chi connectivity index (χ4v) is 5.14. The Hall–Kier alpha value is -3.53. The smallest absolute Gasteiger partial charge is 0.259 e. The fraction of sp³-hybridized carbons (Fsp3) is 0.417. The number of benzene rings is 1. The van der Waals surface area contributed by atoms with Crippen molar-refractivity contribution >= 4 is 28.1 Å². The number of hydrogen-bond acceptors (Lipinski definition) is 6. The Balaban J connectivity index is 1.38. The molecule has 2 bridgehead atoms. The van der Waals surface area contributed by atoms with E-state index in [1.165, 1.54) is 16.9 Å². The number of aromatic nitrogens is 5. The van der Waals surface area contributed by atoms with Crippen LogP contribution in [0.5, 0.6) is 5.75 Å². The third-order valence-corrected chi connectivity index (χ3v) is 6.78. The van der Waals surface area contributed by atoms with Gasteiger partial charge in [0.25, 0.3) is 5.91 Å². The van der Waals surface area contributed by atoms with Crippen LogP contribution in [0, 0.1) is 5.82 Å². The van der Waals surface area contributed by atoms with E-state index in [-0.39, 0.29) is 23.2 Å². The first-order valence-corrected chi connectivity index (χ1v) is 11.4. The van der Waals surface area contributed by atoms with Crippen molar-refractivity contribution in [3.63, 3.8) is 0 Å². The summed E-state index contributed by atoms with van der Waals surface area (Å²) in [5, 5.41) is 12.6. The number of amides is 1. The first-order valence-electron chi connectivity index (χ1n) is 11.4. The molecule has 2 unspecified atom stereocenters. The second-order valence-electron chi connectivity index (χ2n) is 9.84. The molecule has 1 saturated heterocycles. The maximum atomic E-state index is 13.4. The Bertz CT molecular complexity index is 1430. The minimum atomic E-state index is -0.515. The van der Waals surface area contributed by atoms with Gasteiger partial charge in [-0.15, -0.1) is 0 Å². The number of hydrogen-bond donors (Lipinski definition) is 1. The van der Waals surface area contributed by atoms with Crippen molar-refractivity contribution in [3.8, 4) is 5.75 Å². The van der Waals surface area contributed by atoms with Crippen LogP contribution in [0.3, 0.4) is 0 Å². The van der Waals surface area contributed by atoms with Gasteiger partial charge in [-0.1, -0.05) is 0 Å². The van der Waals surface area contributed by atoms with Gasteiger partial charge in [0.1, 0.15) is 11.4 Å². The number of fused-ring (bicyclic) bond motifs is 4. The number of carbonyl (C=O) groups is 1. The van der Waals surface area contributed by atoms with E-state index in [0.717, 1.165) is 36.4 Å². The van der Waals surface area contributed by atoms with Crippen LogP contribution in [0.25, 0.3) is 16.6 Å². The largest absolute Gasteiger partial charge is 0.490 e. The number of rotatable bonds is 5. The predicted octanol–water partition coefficient (Wildman–Crippen LogP) is 3.93. The lowest BCUT2D eigenvalue weighted by Gasteiger charge is -2.26. The molecule has 0 radical (unpaired) electrons. The van der Waals surface area contributed by atoms with Crippen molar-refractivity contribution in [3.05, 3.63) is 48.3 Å². The standard InChI is InChI=1S/C24H25FN6O3/c1-14(2)34-20-7-18-15(10-31(29-18)24-5-4-23(3,12-24)33-13-24)6-17(20)22(32)28-19-9-27-30-11-16(25)8-26-21(19)30/h6-11,14H,4-5,12-13H2,1-3H3,(H,28,32).